The SMILES string of the molecule is COc1ccc(N2CC(NS(=O)(=O)c3ccc(C)cc3)CC2=O)cc1OC. The van der Waals surface area contributed by atoms with Crippen molar-refractivity contribution in [2.24, 2.45) is 0 Å². The molecule has 0 aliphatic carbocycles. The Morgan fingerprint density at radius 3 is 2.33 bits per heavy atom. The van der Waals surface area contributed by atoms with Crippen LogP contribution in [0.2, 0.25) is 0 Å². The van der Waals surface area contributed by atoms with Gasteiger partial charge in [-0.05, 0) is 31.2 Å². The Labute approximate surface area is 158 Å². The second kappa shape index (κ2) is 7.58. The van der Waals surface area contributed by atoms with Crippen LogP contribution >= 0.6 is 0 Å². The van der Waals surface area contributed by atoms with Crippen LogP contribution in [0.4, 0.5) is 5.69 Å². The predicted octanol–water partition coefficient (Wildman–Crippen LogP) is 2.10. The van der Waals surface area contributed by atoms with Gasteiger partial charge < -0.3 is 14.4 Å². The maximum atomic E-state index is 12.6. The number of hydrogen-bond acceptors (Lipinski definition) is 5. The van der Waals surface area contributed by atoms with Gasteiger partial charge in [0.25, 0.3) is 0 Å². The Balaban J connectivity index is 1.76. The number of nitrogens with zero attached hydrogens (tertiary/aromatic N) is 1. The van der Waals surface area contributed by atoms with Gasteiger partial charge in [0.1, 0.15) is 0 Å². The van der Waals surface area contributed by atoms with Crippen molar-refractivity contribution >= 4 is 21.6 Å². The highest BCUT2D eigenvalue weighted by molar-refractivity contribution is 7.89. The van der Waals surface area contributed by atoms with Crippen LogP contribution in [0.1, 0.15) is 12.0 Å². The number of amides is 1. The van der Waals surface area contributed by atoms with Crippen molar-refractivity contribution < 1.29 is 22.7 Å². The second-order valence-electron chi connectivity index (χ2n) is 6.38. The third kappa shape index (κ3) is 4.06. The van der Waals surface area contributed by atoms with E-state index in [1.807, 2.05) is 6.92 Å². The molecule has 0 aromatic heterocycles. The van der Waals surface area contributed by atoms with E-state index in [1.54, 1.807) is 47.4 Å². The number of carbonyl (C=O) groups excluding carboxylic acids is 1. The van der Waals surface area contributed by atoms with Crippen LogP contribution < -0.4 is 19.1 Å². The second-order valence-corrected chi connectivity index (χ2v) is 8.09. The van der Waals surface area contributed by atoms with Gasteiger partial charge in [-0.1, -0.05) is 17.7 Å². The fourth-order valence-corrected chi connectivity index (χ4v) is 4.26. The largest absolute Gasteiger partial charge is 0.493 e. The number of methoxy groups -OCH3 is 2. The fraction of sp³-hybridized carbons (Fsp3) is 0.316. The van der Waals surface area contributed by atoms with E-state index in [2.05, 4.69) is 4.72 Å². The van der Waals surface area contributed by atoms with Gasteiger partial charge in [-0.3, -0.25) is 4.79 Å². The van der Waals surface area contributed by atoms with E-state index in [0.717, 1.165) is 5.56 Å². The Bertz CT molecular complexity index is 941. The summed E-state index contributed by atoms with van der Waals surface area (Å²) >= 11 is 0. The van der Waals surface area contributed by atoms with Gasteiger partial charge >= 0.3 is 0 Å². The van der Waals surface area contributed by atoms with Crippen molar-refractivity contribution in [3.63, 3.8) is 0 Å². The molecule has 0 bridgehead atoms. The van der Waals surface area contributed by atoms with E-state index in [4.69, 9.17) is 9.47 Å². The van der Waals surface area contributed by atoms with Gasteiger partial charge in [0.15, 0.2) is 11.5 Å². The summed E-state index contributed by atoms with van der Waals surface area (Å²) in [6.07, 6.45) is 0.0967. The number of anilines is 1. The molecule has 1 aliphatic heterocycles. The van der Waals surface area contributed by atoms with Gasteiger partial charge in [0.05, 0.1) is 19.1 Å². The molecule has 2 aromatic rings. The first-order valence-electron chi connectivity index (χ1n) is 8.45. The lowest BCUT2D eigenvalue weighted by Crippen LogP contribution is -2.37. The lowest BCUT2D eigenvalue weighted by Gasteiger charge is -2.19. The molecule has 2 aromatic carbocycles. The van der Waals surface area contributed by atoms with Gasteiger partial charge in [0, 0.05) is 30.8 Å². The summed E-state index contributed by atoms with van der Waals surface area (Å²) in [4.78, 5) is 14.2. The zero-order chi connectivity index (χ0) is 19.6. The van der Waals surface area contributed by atoms with Crippen LogP contribution in [0.5, 0.6) is 11.5 Å². The molecule has 3 rings (SSSR count). The topological polar surface area (TPSA) is 84.9 Å². The molecule has 1 heterocycles. The molecule has 27 heavy (non-hydrogen) atoms. The van der Waals surface area contributed by atoms with Crippen LogP contribution in [0.15, 0.2) is 47.4 Å². The van der Waals surface area contributed by atoms with E-state index in [9.17, 15) is 13.2 Å². The van der Waals surface area contributed by atoms with Crippen LogP contribution in [-0.4, -0.2) is 41.1 Å². The number of hydrogen-bond donors (Lipinski definition) is 1. The number of ether oxygens (including phenoxy) is 2. The van der Waals surface area contributed by atoms with E-state index in [0.29, 0.717) is 17.2 Å². The van der Waals surface area contributed by atoms with Gasteiger partial charge in [0.2, 0.25) is 15.9 Å². The van der Waals surface area contributed by atoms with Crippen LogP contribution in [0, 0.1) is 6.92 Å². The van der Waals surface area contributed by atoms with Crippen LogP contribution in [-0.2, 0) is 14.8 Å². The van der Waals surface area contributed by atoms with Gasteiger partial charge in [-0.25, -0.2) is 13.1 Å². The molecule has 1 aliphatic rings. The highest BCUT2D eigenvalue weighted by atomic mass is 32.2. The fourth-order valence-electron chi connectivity index (χ4n) is 3.03. The van der Waals surface area contributed by atoms with E-state index in [-0.39, 0.29) is 23.8 Å². The number of sulfonamides is 1. The van der Waals surface area contributed by atoms with Gasteiger partial charge in [-0.2, -0.15) is 0 Å². The van der Waals surface area contributed by atoms with Crippen molar-refractivity contribution in [3.05, 3.63) is 48.0 Å². The van der Waals surface area contributed by atoms with E-state index < -0.39 is 16.1 Å². The zero-order valence-corrected chi connectivity index (χ0v) is 16.2. The third-order valence-electron chi connectivity index (χ3n) is 4.46. The summed E-state index contributed by atoms with van der Waals surface area (Å²) in [6.45, 7) is 2.14. The van der Waals surface area contributed by atoms with Crippen molar-refractivity contribution in [3.8, 4) is 11.5 Å². The van der Waals surface area contributed by atoms with Crippen LogP contribution in [0.25, 0.3) is 0 Å². The zero-order valence-electron chi connectivity index (χ0n) is 15.4. The Hall–Kier alpha value is -2.58. The molecule has 7 nitrogen and oxygen atoms in total. The first-order chi connectivity index (χ1) is 12.8. The van der Waals surface area contributed by atoms with Crippen molar-refractivity contribution in [2.45, 2.75) is 24.3 Å². The number of nitrogens with one attached hydrogen (secondary N) is 1. The average Bonchev–Trinajstić information content (AvgIpc) is 3.00. The number of aryl methyl sites for hydroxylation is 1. The summed E-state index contributed by atoms with van der Waals surface area (Å²) in [6, 6.07) is 11.3. The molecule has 1 fully saturated rings. The summed E-state index contributed by atoms with van der Waals surface area (Å²) in [7, 11) is -0.631. The van der Waals surface area contributed by atoms with Crippen molar-refractivity contribution in [1.82, 2.24) is 4.72 Å². The highest BCUT2D eigenvalue weighted by Gasteiger charge is 2.34. The predicted molar refractivity (Wildman–Crippen MR) is 102 cm³/mol. The van der Waals surface area contributed by atoms with Gasteiger partial charge in [-0.15, -0.1) is 0 Å². The monoisotopic (exact) mass is 390 g/mol. The Morgan fingerprint density at radius 1 is 1.04 bits per heavy atom. The van der Waals surface area contributed by atoms with Crippen LogP contribution in [0.3, 0.4) is 0 Å². The highest BCUT2D eigenvalue weighted by Crippen LogP contribution is 2.33. The molecule has 144 valence electrons. The number of rotatable bonds is 6. The molecule has 1 atom stereocenters. The van der Waals surface area contributed by atoms with E-state index in [1.165, 1.54) is 14.2 Å². The Morgan fingerprint density at radius 2 is 1.70 bits per heavy atom. The molecule has 1 saturated heterocycles. The number of carbonyl (C=O) groups is 1. The number of benzene rings is 2. The minimum atomic E-state index is -3.69. The molecular formula is C19H22N2O5S. The Kier molecular flexibility index (Phi) is 5.38. The molecule has 0 saturated carbocycles. The molecule has 8 heteroatoms. The van der Waals surface area contributed by atoms with E-state index >= 15 is 0 Å². The first-order valence-corrected chi connectivity index (χ1v) is 9.94. The maximum Gasteiger partial charge on any atom is 0.240 e. The molecule has 1 N–H and O–H groups in total. The smallest absolute Gasteiger partial charge is 0.240 e. The summed E-state index contributed by atoms with van der Waals surface area (Å²) < 4.78 is 38.2. The minimum absolute atomic E-state index is 0.0967. The van der Waals surface area contributed by atoms with Crippen molar-refractivity contribution in [1.29, 1.82) is 0 Å². The summed E-state index contributed by atoms with van der Waals surface area (Å²) in [5.74, 6) is 0.912. The molecule has 0 spiro atoms. The third-order valence-corrected chi connectivity index (χ3v) is 5.99. The standard InChI is InChI=1S/C19H22N2O5S/c1-13-4-7-16(8-5-13)27(23,24)20-14-10-19(22)21(12-14)15-6-9-17(25-2)18(11-15)26-3/h4-9,11,14,20H,10,12H2,1-3H3. The summed E-state index contributed by atoms with van der Waals surface area (Å²) in [5.41, 5.74) is 1.61. The normalized spacial score (nSPS) is 17.2. The molecular weight excluding hydrogens is 368 g/mol. The van der Waals surface area contributed by atoms with Crippen molar-refractivity contribution in [2.75, 3.05) is 25.7 Å². The quantitative estimate of drug-likeness (QED) is 0.816. The molecule has 1 amide bonds. The lowest BCUT2D eigenvalue weighted by atomic mass is 10.2. The summed E-state index contributed by atoms with van der Waals surface area (Å²) in [5, 5.41) is 0. The minimum Gasteiger partial charge on any atom is -0.493 e. The molecule has 0 radical (unpaired) electrons. The molecule has 1 unspecified atom stereocenters. The lowest BCUT2D eigenvalue weighted by molar-refractivity contribution is -0.117. The maximum absolute atomic E-state index is 12.6. The first kappa shape index (κ1) is 19.2. The average molecular weight is 390 g/mol.